The number of aryl methyl sites for hydroxylation is 2. The Labute approximate surface area is 117 Å². The number of amides is 1. The van der Waals surface area contributed by atoms with Crippen molar-refractivity contribution in [3.05, 3.63) is 46.5 Å². The molecular weight excluding hydrogens is 256 g/mol. The molecule has 100 valence electrons. The molecule has 2 rings (SSSR count). The van der Waals surface area contributed by atoms with E-state index < -0.39 is 0 Å². The van der Waals surface area contributed by atoms with Gasteiger partial charge in [-0.05, 0) is 25.3 Å². The van der Waals surface area contributed by atoms with Crippen molar-refractivity contribution >= 4 is 22.4 Å². The van der Waals surface area contributed by atoms with E-state index in [4.69, 9.17) is 0 Å². The van der Waals surface area contributed by atoms with Crippen LogP contribution in [0, 0.1) is 13.8 Å². The molecule has 19 heavy (non-hydrogen) atoms. The van der Waals surface area contributed by atoms with Gasteiger partial charge in [0.2, 0.25) is 5.91 Å². The summed E-state index contributed by atoms with van der Waals surface area (Å²) < 4.78 is 0. The quantitative estimate of drug-likeness (QED) is 0.919. The molecule has 0 spiro atoms. The van der Waals surface area contributed by atoms with E-state index in [0.29, 0.717) is 11.6 Å². The summed E-state index contributed by atoms with van der Waals surface area (Å²) in [6.07, 6.45) is 0.474. The van der Waals surface area contributed by atoms with Crippen molar-refractivity contribution in [1.82, 2.24) is 4.98 Å². The highest BCUT2D eigenvalue weighted by atomic mass is 32.1. The van der Waals surface area contributed by atoms with Crippen LogP contribution in [-0.2, 0) is 4.79 Å². The zero-order chi connectivity index (χ0) is 13.8. The van der Waals surface area contributed by atoms with E-state index in [1.165, 1.54) is 16.9 Å². The maximum atomic E-state index is 12.0. The third-order valence-electron chi connectivity index (χ3n) is 3.14. The van der Waals surface area contributed by atoms with Gasteiger partial charge in [-0.15, -0.1) is 11.3 Å². The summed E-state index contributed by atoms with van der Waals surface area (Å²) in [5, 5.41) is 3.57. The monoisotopic (exact) mass is 274 g/mol. The van der Waals surface area contributed by atoms with Gasteiger partial charge in [0, 0.05) is 11.3 Å². The lowest BCUT2D eigenvalue weighted by atomic mass is 9.98. The topological polar surface area (TPSA) is 42.0 Å². The number of carbonyl (C=O) groups is 1. The average molecular weight is 274 g/mol. The first kappa shape index (κ1) is 13.7. The summed E-state index contributed by atoms with van der Waals surface area (Å²) >= 11 is 1.52. The second-order valence-corrected chi connectivity index (χ2v) is 5.93. The summed E-state index contributed by atoms with van der Waals surface area (Å²) in [6.45, 7) is 6.02. The molecule has 1 N–H and O–H groups in total. The maximum Gasteiger partial charge on any atom is 0.226 e. The van der Waals surface area contributed by atoms with Crippen molar-refractivity contribution < 1.29 is 4.79 Å². The molecular formula is C15H18N2OS. The van der Waals surface area contributed by atoms with E-state index in [1.54, 1.807) is 0 Å². The molecule has 3 nitrogen and oxygen atoms in total. The minimum Gasteiger partial charge on any atom is -0.302 e. The van der Waals surface area contributed by atoms with E-state index in [9.17, 15) is 4.79 Å². The van der Waals surface area contributed by atoms with Crippen molar-refractivity contribution in [2.75, 3.05) is 5.32 Å². The zero-order valence-electron chi connectivity index (χ0n) is 11.4. The molecule has 0 aliphatic carbocycles. The van der Waals surface area contributed by atoms with Crippen LogP contribution in [0.1, 0.15) is 35.4 Å². The Morgan fingerprint density at radius 2 is 2.00 bits per heavy atom. The Hall–Kier alpha value is -1.68. The number of nitrogens with one attached hydrogen (secondary N) is 1. The second-order valence-electron chi connectivity index (χ2n) is 4.72. The number of hydrogen-bond donors (Lipinski definition) is 1. The molecule has 0 aliphatic rings. The van der Waals surface area contributed by atoms with E-state index in [-0.39, 0.29) is 11.8 Å². The third kappa shape index (κ3) is 3.64. The van der Waals surface area contributed by atoms with Crippen molar-refractivity contribution in [1.29, 1.82) is 0 Å². The van der Waals surface area contributed by atoms with Gasteiger partial charge < -0.3 is 5.32 Å². The van der Waals surface area contributed by atoms with Crippen LogP contribution in [0.5, 0.6) is 0 Å². The number of anilines is 1. The molecule has 1 heterocycles. The van der Waals surface area contributed by atoms with Gasteiger partial charge in [0.1, 0.15) is 0 Å². The number of nitrogens with zero attached hydrogens (tertiary/aromatic N) is 1. The van der Waals surface area contributed by atoms with Crippen molar-refractivity contribution in [3.63, 3.8) is 0 Å². The predicted octanol–water partition coefficient (Wildman–Crippen LogP) is 3.89. The van der Waals surface area contributed by atoms with Crippen LogP contribution in [0.15, 0.2) is 30.3 Å². The van der Waals surface area contributed by atoms with Gasteiger partial charge in [-0.3, -0.25) is 4.79 Å². The third-order valence-corrected chi connectivity index (χ3v) is 4.12. The van der Waals surface area contributed by atoms with Crippen LogP contribution in [0.3, 0.4) is 0 Å². The van der Waals surface area contributed by atoms with Crippen LogP contribution >= 0.6 is 11.3 Å². The average Bonchev–Trinajstić information content (AvgIpc) is 2.69. The molecule has 0 saturated carbocycles. The molecule has 0 bridgehead atoms. The first-order chi connectivity index (χ1) is 9.06. The minimum atomic E-state index is 0.0186. The number of benzene rings is 1. The summed E-state index contributed by atoms with van der Waals surface area (Å²) in [4.78, 5) is 17.4. The van der Waals surface area contributed by atoms with Crippen LogP contribution in [0.2, 0.25) is 0 Å². The number of hydrogen-bond acceptors (Lipinski definition) is 3. The van der Waals surface area contributed by atoms with Gasteiger partial charge in [0.25, 0.3) is 0 Å². The van der Waals surface area contributed by atoms with Crippen molar-refractivity contribution in [2.24, 2.45) is 0 Å². The molecule has 1 aromatic heterocycles. The highest BCUT2D eigenvalue weighted by molar-refractivity contribution is 7.15. The van der Waals surface area contributed by atoms with E-state index in [0.717, 1.165) is 10.6 Å². The van der Waals surface area contributed by atoms with Gasteiger partial charge in [-0.2, -0.15) is 0 Å². The molecule has 1 amide bonds. The summed E-state index contributed by atoms with van der Waals surface area (Å²) in [6, 6.07) is 10.1. The largest absolute Gasteiger partial charge is 0.302 e. The Kier molecular flexibility index (Phi) is 4.32. The molecule has 0 aliphatic heterocycles. The van der Waals surface area contributed by atoms with Crippen molar-refractivity contribution in [2.45, 2.75) is 33.1 Å². The smallest absolute Gasteiger partial charge is 0.226 e. The van der Waals surface area contributed by atoms with Crippen LogP contribution in [0.25, 0.3) is 0 Å². The Morgan fingerprint density at radius 3 is 2.58 bits per heavy atom. The molecule has 1 aromatic carbocycles. The molecule has 4 heteroatoms. The van der Waals surface area contributed by atoms with Gasteiger partial charge in [0.05, 0.1) is 5.69 Å². The Bertz CT molecular complexity index is 543. The SMILES string of the molecule is Cc1nc(NC(=O)CC(C)c2ccccc2)sc1C. The fourth-order valence-electron chi connectivity index (χ4n) is 1.87. The van der Waals surface area contributed by atoms with Crippen LogP contribution in [0.4, 0.5) is 5.13 Å². The fraction of sp³-hybridized carbons (Fsp3) is 0.333. The number of aromatic nitrogens is 1. The number of rotatable bonds is 4. The zero-order valence-corrected chi connectivity index (χ0v) is 12.3. The molecule has 1 atom stereocenters. The van der Waals surface area contributed by atoms with E-state index in [1.807, 2.05) is 32.0 Å². The molecule has 0 fully saturated rings. The van der Waals surface area contributed by atoms with Crippen LogP contribution in [-0.4, -0.2) is 10.9 Å². The number of carbonyl (C=O) groups excluding carboxylic acids is 1. The second kappa shape index (κ2) is 5.97. The lowest BCUT2D eigenvalue weighted by Crippen LogP contribution is -2.14. The van der Waals surface area contributed by atoms with Gasteiger partial charge >= 0.3 is 0 Å². The highest BCUT2D eigenvalue weighted by Crippen LogP contribution is 2.23. The van der Waals surface area contributed by atoms with Crippen molar-refractivity contribution in [3.8, 4) is 0 Å². The fourth-order valence-corrected chi connectivity index (χ4v) is 2.70. The molecule has 2 aromatic rings. The highest BCUT2D eigenvalue weighted by Gasteiger charge is 2.13. The summed E-state index contributed by atoms with van der Waals surface area (Å²) in [5.41, 5.74) is 2.17. The Balaban J connectivity index is 1.94. The normalized spacial score (nSPS) is 12.2. The first-order valence-electron chi connectivity index (χ1n) is 6.35. The predicted molar refractivity (Wildman–Crippen MR) is 79.7 cm³/mol. The molecule has 0 saturated heterocycles. The Morgan fingerprint density at radius 1 is 1.32 bits per heavy atom. The number of thiazole rings is 1. The summed E-state index contributed by atoms with van der Waals surface area (Å²) in [7, 11) is 0. The molecule has 1 unspecified atom stereocenters. The minimum absolute atomic E-state index is 0.0186. The van der Waals surface area contributed by atoms with Crippen LogP contribution < -0.4 is 5.32 Å². The van der Waals surface area contributed by atoms with Gasteiger partial charge in [-0.25, -0.2) is 4.98 Å². The summed E-state index contributed by atoms with van der Waals surface area (Å²) in [5.74, 6) is 0.230. The maximum absolute atomic E-state index is 12.0. The van der Waals surface area contributed by atoms with Gasteiger partial charge in [0.15, 0.2) is 5.13 Å². The van der Waals surface area contributed by atoms with Gasteiger partial charge in [-0.1, -0.05) is 37.3 Å². The first-order valence-corrected chi connectivity index (χ1v) is 7.16. The molecule has 0 radical (unpaired) electrons. The lowest BCUT2D eigenvalue weighted by Gasteiger charge is -2.10. The standard InChI is InChI=1S/C15H18N2OS/c1-10(13-7-5-4-6-8-13)9-14(18)17-15-16-11(2)12(3)19-15/h4-8,10H,9H2,1-3H3,(H,16,17,18). The van der Waals surface area contributed by atoms with E-state index >= 15 is 0 Å². The lowest BCUT2D eigenvalue weighted by molar-refractivity contribution is -0.116. The van der Waals surface area contributed by atoms with E-state index in [2.05, 4.69) is 29.4 Å².